The Morgan fingerprint density at radius 1 is 1.22 bits per heavy atom. The van der Waals surface area contributed by atoms with E-state index in [0.29, 0.717) is 6.42 Å². The van der Waals surface area contributed by atoms with Crippen molar-refractivity contribution in [2.24, 2.45) is 22.7 Å². The maximum atomic E-state index is 13.6. The van der Waals surface area contributed by atoms with Crippen molar-refractivity contribution in [2.45, 2.75) is 65.5 Å². The standard InChI is InChI=1S/C26H31N5O/c1-7-26(18-10-8-9-17(11-18)22-15(2)30-31(6)16(22)3)19-14-27-29-24(19)28-20-12-25(4,5)13-21(32)23(20)26/h8-11,14,24,28H,7,12-13H2,1-6H3/t24?,26-/m1/s1. The van der Waals surface area contributed by atoms with E-state index in [4.69, 9.17) is 0 Å². The Labute approximate surface area is 189 Å². The number of azo groups is 1. The summed E-state index contributed by atoms with van der Waals surface area (Å²) in [5.41, 5.74) is 7.99. The summed E-state index contributed by atoms with van der Waals surface area (Å²) >= 11 is 0. The molecule has 0 saturated carbocycles. The first-order valence-corrected chi connectivity index (χ1v) is 11.4. The lowest BCUT2D eigenvalue weighted by Crippen LogP contribution is -2.51. The zero-order chi connectivity index (χ0) is 22.8. The molecule has 0 bridgehead atoms. The summed E-state index contributed by atoms with van der Waals surface area (Å²) in [6, 6.07) is 8.65. The molecule has 6 heteroatoms. The number of carbonyl (C=O) groups excluding carboxylic acids is 1. The molecular formula is C26H31N5O. The predicted octanol–water partition coefficient (Wildman–Crippen LogP) is 5.27. The molecule has 1 aromatic heterocycles. The molecule has 1 N–H and O–H groups in total. The highest BCUT2D eigenvalue weighted by molar-refractivity contribution is 6.01. The average Bonchev–Trinajstić information content (AvgIpc) is 3.29. The number of hydrogen-bond acceptors (Lipinski definition) is 5. The SMILES string of the molecule is CC[C@@]1(c2cccc(-c3c(C)nn(C)c3C)c2)C2=CN=NC2NC2=C1C(=O)CC(C)(C)C2. The van der Waals surface area contributed by atoms with Crippen LogP contribution < -0.4 is 5.32 Å². The monoisotopic (exact) mass is 429 g/mol. The summed E-state index contributed by atoms with van der Waals surface area (Å²) in [5, 5.41) is 16.9. The minimum atomic E-state index is -0.525. The zero-order valence-electron chi connectivity index (χ0n) is 19.8. The van der Waals surface area contributed by atoms with Gasteiger partial charge in [0.1, 0.15) is 0 Å². The van der Waals surface area contributed by atoms with E-state index in [2.05, 4.69) is 79.5 Å². The largest absolute Gasteiger partial charge is 0.362 e. The van der Waals surface area contributed by atoms with Crippen LogP contribution in [0.3, 0.4) is 0 Å². The summed E-state index contributed by atoms with van der Waals surface area (Å²) in [7, 11) is 1.98. The third-order valence-corrected chi connectivity index (χ3v) is 7.46. The van der Waals surface area contributed by atoms with Crippen LogP contribution in [0.15, 0.2) is 57.5 Å². The van der Waals surface area contributed by atoms with E-state index < -0.39 is 5.41 Å². The highest BCUT2D eigenvalue weighted by atomic mass is 16.1. The van der Waals surface area contributed by atoms with Crippen molar-refractivity contribution in [3.8, 4) is 11.1 Å². The molecule has 0 saturated heterocycles. The Kier molecular flexibility index (Phi) is 4.56. The Balaban J connectivity index is 1.75. The summed E-state index contributed by atoms with van der Waals surface area (Å²) in [4.78, 5) is 13.6. The summed E-state index contributed by atoms with van der Waals surface area (Å²) in [6.07, 6.45) is 3.84. The molecule has 0 amide bonds. The quantitative estimate of drug-likeness (QED) is 0.722. The second kappa shape index (κ2) is 6.99. The Bertz CT molecular complexity index is 1230. The maximum absolute atomic E-state index is 13.6. The first-order valence-electron chi connectivity index (χ1n) is 11.4. The molecule has 3 heterocycles. The van der Waals surface area contributed by atoms with E-state index >= 15 is 0 Å². The van der Waals surface area contributed by atoms with Gasteiger partial charge in [0.05, 0.1) is 17.3 Å². The fourth-order valence-corrected chi connectivity index (χ4v) is 6.02. The van der Waals surface area contributed by atoms with Crippen molar-refractivity contribution in [1.29, 1.82) is 0 Å². The van der Waals surface area contributed by atoms with Gasteiger partial charge < -0.3 is 5.32 Å². The molecule has 0 radical (unpaired) electrons. The lowest BCUT2D eigenvalue weighted by molar-refractivity contribution is -0.119. The van der Waals surface area contributed by atoms with Crippen LogP contribution in [0.4, 0.5) is 0 Å². The number of ketones is 1. The Morgan fingerprint density at radius 3 is 2.69 bits per heavy atom. The number of carbonyl (C=O) groups is 1. The van der Waals surface area contributed by atoms with Gasteiger partial charge in [0.15, 0.2) is 11.9 Å². The molecule has 166 valence electrons. The third kappa shape index (κ3) is 2.85. The normalized spacial score (nSPS) is 26.0. The number of benzene rings is 1. The van der Waals surface area contributed by atoms with Gasteiger partial charge in [-0.25, -0.2) is 0 Å². The number of aryl methyl sites for hydroxylation is 2. The van der Waals surface area contributed by atoms with Crippen LogP contribution in [-0.2, 0) is 17.3 Å². The highest BCUT2D eigenvalue weighted by Gasteiger charge is 2.53. The van der Waals surface area contributed by atoms with Crippen molar-refractivity contribution >= 4 is 5.78 Å². The van der Waals surface area contributed by atoms with Gasteiger partial charge in [0.2, 0.25) is 0 Å². The fourth-order valence-electron chi connectivity index (χ4n) is 6.02. The number of Topliss-reactive ketones (excluding diaryl/α,β-unsaturated/α-hetero) is 1. The van der Waals surface area contributed by atoms with E-state index in [1.807, 2.05) is 17.9 Å². The van der Waals surface area contributed by atoms with Crippen LogP contribution >= 0.6 is 0 Å². The number of nitrogens with zero attached hydrogens (tertiary/aromatic N) is 4. The zero-order valence-corrected chi connectivity index (χ0v) is 19.8. The lowest BCUT2D eigenvalue weighted by atomic mass is 9.58. The van der Waals surface area contributed by atoms with Crippen LogP contribution in [0.25, 0.3) is 11.1 Å². The van der Waals surface area contributed by atoms with Gasteiger partial charge in [0, 0.05) is 41.6 Å². The number of aromatic nitrogens is 2. The van der Waals surface area contributed by atoms with Crippen molar-refractivity contribution < 1.29 is 4.79 Å². The van der Waals surface area contributed by atoms with Crippen LogP contribution in [0, 0.1) is 19.3 Å². The fraction of sp³-hybridized carbons (Fsp3) is 0.462. The van der Waals surface area contributed by atoms with Crippen molar-refractivity contribution in [2.75, 3.05) is 0 Å². The molecule has 32 heavy (non-hydrogen) atoms. The predicted molar refractivity (Wildman–Crippen MR) is 125 cm³/mol. The maximum Gasteiger partial charge on any atom is 0.164 e. The van der Waals surface area contributed by atoms with E-state index in [1.165, 1.54) is 0 Å². The average molecular weight is 430 g/mol. The van der Waals surface area contributed by atoms with Gasteiger partial charge in [-0.1, -0.05) is 39.0 Å². The van der Waals surface area contributed by atoms with Crippen LogP contribution in [0.5, 0.6) is 0 Å². The number of fused-ring (bicyclic) bond motifs is 1. The molecule has 6 nitrogen and oxygen atoms in total. The Hall–Kier alpha value is -3.02. The minimum absolute atomic E-state index is 0.0643. The summed E-state index contributed by atoms with van der Waals surface area (Å²) in [5.74, 6) is 0.232. The lowest BCUT2D eigenvalue weighted by Gasteiger charge is -2.47. The van der Waals surface area contributed by atoms with Gasteiger partial charge in [0.25, 0.3) is 0 Å². The highest BCUT2D eigenvalue weighted by Crippen LogP contribution is 2.54. The molecule has 0 fully saturated rings. The third-order valence-electron chi connectivity index (χ3n) is 7.46. The van der Waals surface area contributed by atoms with E-state index in [9.17, 15) is 4.79 Å². The van der Waals surface area contributed by atoms with E-state index in [0.717, 1.165) is 57.8 Å². The van der Waals surface area contributed by atoms with Gasteiger partial charge in [-0.2, -0.15) is 15.3 Å². The van der Waals surface area contributed by atoms with Gasteiger partial charge in [-0.05, 0) is 49.3 Å². The molecule has 2 atom stereocenters. The molecule has 3 aliphatic rings. The molecular weight excluding hydrogens is 398 g/mol. The van der Waals surface area contributed by atoms with E-state index in [-0.39, 0.29) is 17.4 Å². The first-order chi connectivity index (χ1) is 15.2. The van der Waals surface area contributed by atoms with Crippen LogP contribution in [0.2, 0.25) is 0 Å². The Morgan fingerprint density at radius 2 is 2.00 bits per heavy atom. The van der Waals surface area contributed by atoms with Crippen molar-refractivity contribution in [3.63, 3.8) is 0 Å². The van der Waals surface area contributed by atoms with Crippen molar-refractivity contribution in [3.05, 3.63) is 64.3 Å². The first kappa shape index (κ1) is 20.9. The number of nitrogens with one attached hydrogen (secondary N) is 1. The van der Waals surface area contributed by atoms with Gasteiger partial charge >= 0.3 is 0 Å². The molecule has 2 aromatic rings. The smallest absolute Gasteiger partial charge is 0.164 e. The molecule has 1 unspecified atom stereocenters. The molecule has 1 aliphatic carbocycles. The summed E-state index contributed by atoms with van der Waals surface area (Å²) in [6.45, 7) is 10.7. The number of hydrogen-bond donors (Lipinski definition) is 1. The number of rotatable bonds is 3. The van der Waals surface area contributed by atoms with Gasteiger partial charge in [-0.3, -0.25) is 9.48 Å². The van der Waals surface area contributed by atoms with Crippen molar-refractivity contribution in [1.82, 2.24) is 15.1 Å². The molecule has 2 aliphatic heterocycles. The van der Waals surface area contributed by atoms with Crippen LogP contribution in [0.1, 0.15) is 57.0 Å². The molecule has 1 aromatic carbocycles. The van der Waals surface area contributed by atoms with E-state index in [1.54, 1.807) is 0 Å². The topological polar surface area (TPSA) is 71.6 Å². The summed E-state index contributed by atoms with van der Waals surface area (Å²) < 4.78 is 1.93. The molecule has 5 rings (SSSR count). The van der Waals surface area contributed by atoms with Gasteiger partial charge in [-0.15, -0.1) is 0 Å². The van der Waals surface area contributed by atoms with Crippen LogP contribution in [-0.4, -0.2) is 21.7 Å². The number of allylic oxidation sites excluding steroid dienone is 2. The second-order valence-corrected chi connectivity index (χ2v) is 10.2. The second-order valence-electron chi connectivity index (χ2n) is 10.2. The minimum Gasteiger partial charge on any atom is -0.362 e. The molecule has 0 spiro atoms.